The van der Waals surface area contributed by atoms with Gasteiger partial charge in [-0.05, 0) is 20.3 Å². The molecule has 0 radical (unpaired) electrons. The third-order valence-corrected chi connectivity index (χ3v) is 2.55. The quantitative estimate of drug-likeness (QED) is 0.596. The summed E-state index contributed by atoms with van der Waals surface area (Å²) < 4.78 is 0. The molecule has 0 saturated carbocycles. The van der Waals surface area contributed by atoms with E-state index in [9.17, 15) is 14.4 Å². The van der Waals surface area contributed by atoms with Crippen LogP contribution in [0.1, 0.15) is 33.6 Å². The number of carbonyl (C=O) groups excluding carboxylic acids is 2. The molecule has 0 saturated heterocycles. The number of nitrogens with zero attached hydrogens (tertiary/aromatic N) is 1. The van der Waals surface area contributed by atoms with Crippen molar-refractivity contribution in [2.75, 3.05) is 19.6 Å². The molecule has 0 aromatic carbocycles. The van der Waals surface area contributed by atoms with Gasteiger partial charge in [-0.15, -0.1) is 0 Å². The van der Waals surface area contributed by atoms with Crippen LogP contribution >= 0.6 is 0 Å². The number of carboxylic acids is 1. The Bertz CT molecular complexity index is 320. The van der Waals surface area contributed by atoms with Crippen molar-refractivity contribution in [3.05, 3.63) is 0 Å². The Kier molecular flexibility index (Phi) is 8.32. The summed E-state index contributed by atoms with van der Waals surface area (Å²) in [5.41, 5.74) is 0. The van der Waals surface area contributed by atoms with E-state index in [2.05, 4.69) is 10.6 Å². The molecule has 0 fully saturated rings. The largest absolute Gasteiger partial charge is 0.480 e. The van der Waals surface area contributed by atoms with Crippen LogP contribution in [0.25, 0.3) is 0 Å². The molecule has 0 aromatic heterocycles. The van der Waals surface area contributed by atoms with E-state index in [1.165, 1.54) is 4.90 Å². The summed E-state index contributed by atoms with van der Waals surface area (Å²) in [6, 6.07) is -1.45. The first-order valence-corrected chi connectivity index (χ1v) is 6.51. The van der Waals surface area contributed by atoms with Crippen molar-refractivity contribution in [3.8, 4) is 0 Å². The number of hydrogen-bond donors (Lipinski definition) is 3. The minimum Gasteiger partial charge on any atom is -0.480 e. The average molecular weight is 273 g/mol. The number of carbonyl (C=O) groups is 3. The van der Waals surface area contributed by atoms with E-state index in [0.717, 1.165) is 0 Å². The predicted octanol–water partition coefficient (Wildman–Crippen LogP) is 0.407. The van der Waals surface area contributed by atoms with Crippen LogP contribution in [-0.2, 0) is 9.59 Å². The molecule has 0 spiro atoms. The topological polar surface area (TPSA) is 98.7 Å². The van der Waals surface area contributed by atoms with Crippen LogP contribution in [0.5, 0.6) is 0 Å². The summed E-state index contributed by atoms with van der Waals surface area (Å²) in [7, 11) is 0. The fourth-order valence-corrected chi connectivity index (χ4v) is 1.54. The summed E-state index contributed by atoms with van der Waals surface area (Å²) in [5.74, 6) is -1.33. The molecule has 7 heteroatoms. The molecule has 0 bridgehead atoms. The van der Waals surface area contributed by atoms with Crippen molar-refractivity contribution in [2.45, 2.75) is 39.7 Å². The SMILES string of the molecule is CCCC(NC(=O)N(CC)CC(=O)NCC)C(=O)O. The van der Waals surface area contributed by atoms with Gasteiger partial charge in [0.25, 0.3) is 0 Å². The Labute approximate surface area is 113 Å². The van der Waals surface area contributed by atoms with Gasteiger partial charge in [-0.1, -0.05) is 13.3 Å². The monoisotopic (exact) mass is 273 g/mol. The number of urea groups is 1. The highest BCUT2D eigenvalue weighted by molar-refractivity contribution is 5.86. The number of carboxylic acid groups (broad SMARTS) is 1. The first-order chi connectivity index (χ1) is 8.96. The third kappa shape index (κ3) is 6.64. The predicted molar refractivity (Wildman–Crippen MR) is 70.8 cm³/mol. The van der Waals surface area contributed by atoms with Gasteiger partial charge < -0.3 is 20.6 Å². The van der Waals surface area contributed by atoms with Gasteiger partial charge in [0.1, 0.15) is 12.6 Å². The number of nitrogens with one attached hydrogen (secondary N) is 2. The summed E-state index contributed by atoms with van der Waals surface area (Å²) in [4.78, 5) is 35.5. The lowest BCUT2D eigenvalue weighted by Crippen LogP contribution is -2.50. The molecule has 0 aliphatic carbocycles. The van der Waals surface area contributed by atoms with Crippen molar-refractivity contribution in [1.82, 2.24) is 15.5 Å². The smallest absolute Gasteiger partial charge is 0.326 e. The van der Waals surface area contributed by atoms with Gasteiger partial charge in [0, 0.05) is 13.1 Å². The number of rotatable bonds is 8. The molecule has 19 heavy (non-hydrogen) atoms. The summed E-state index contributed by atoms with van der Waals surface area (Å²) in [6.07, 6.45) is 1.01. The number of aliphatic carboxylic acids is 1. The van der Waals surface area contributed by atoms with Gasteiger partial charge in [0.15, 0.2) is 0 Å². The summed E-state index contributed by atoms with van der Waals surface area (Å²) >= 11 is 0. The highest BCUT2D eigenvalue weighted by Crippen LogP contribution is 1.99. The maximum atomic E-state index is 11.9. The van der Waals surface area contributed by atoms with E-state index in [4.69, 9.17) is 5.11 Å². The zero-order valence-electron chi connectivity index (χ0n) is 11.7. The van der Waals surface area contributed by atoms with Crippen LogP contribution in [0.3, 0.4) is 0 Å². The standard InChI is InChI=1S/C12H23N3O4/c1-4-7-9(11(17)18)14-12(19)15(6-3)8-10(16)13-5-2/h9H,4-8H2,1-3H3,(H,13,16)(H,14,19)(H,17,18). The van der Waals surface area contributed by atoms with Crippen LogP contribution in [0.4, 0.5) is 4.79 Å². The average Bonchev–Trinajstić information content (AvgIpc) is 2.35. The second-order valence-electron chi connectivity index (χ2n) is 4.10. The lowest BCUT2D eigenvalue weighted by atomic mass is 10.2. The summed E-state index contributed by atoms with van der Waals surface area (Å²) in [6.45, 7) is 6.11. The minimum absolute atomic E-state index is 0.0748. The molecule has 3 amide bonds. The lowest BCUT2D eigenvalue weighted by Gasteiger charge is -2.23. The molecule has 110 valence electrons. The highest BCUT2D eigenvalue weighted by Gasteiger charge is 2.22. The van der Waals surface area contributed by atoms with Crippen LogP contribution < -0.4 is 10.6 Å². The van der Waals surface area contributed by atoms with Gasteiger partial charge >= 0.3 is 12.0 Å². The van der Waals surface area contributed by atoms with Crippen LogP contribution in [-0.4, -0.2) is 53.6 Å². The van der Waals surface area contributed by atoms with Crippen molar-refractivity contribution in [3.63, 3.8) is 0 Å². The molecule has 0 heterocycles. The number of amides is 3. The van der Waals surface area contributed by atoms with E-state index in [-0.39, 0.29) is 12.5 Å². The van der Waals surface area contributed by atoms with E-state index in [1.54, 1.807) is 13.8 Å². The van der Waals surface area contributed by atoms with Crippen LogP contribution in [0, 0.1) is 0 Å². The first-order valence-electron chi connectivity index (χ1n) is 6.51. The van der Waals surface area contributed by atoms with E-state index >= 15 is 0 Å². The Morgan fingerprint density at radius 1 is 1.21 bits per heavy atom. The summed E-state index contributed by atoms with van der Waals surface area (Å²) in [5, 5.41) is 14.0. The van der Waals surface area contributed by atoms with Crippen molar-refractivity contribution in [1.29, 1.82) is 0 Å². The molecule has 1 unspecified atom stereocenters. The first kappa shape index (κ1) is 17.2. The van der Waals surface area contributed by atoms with Gasteiger partial charge in [0.2, 0.25) is 5.91 Å². The maximum Gasteiger partial charge on any atom is 0.326 e. The number of hydrogen-bond acceptors (Lipinski definition) is 3. The molecule has 3 N–H and O–H groups in total. The molecule has 0 aliphatic heterocycles. The zero-order valence-corrected chi connectivity index (χ0v) is 11.7. The molecule has 1 atom stereocenters. The van der Waals surface area contributed by atoms with Crippen molar-refractivity contribution >= 4 is 17.9 Å². The fraction of sp³-hybridized carbons (Fsp3) is 0.750. The van der Waals surface area contributed by atoms with Crippen LogP contribution in [0.15, 0.2) is 0 Å². The zero-order chi connectivity index (χ0) is 14.8. The van der Waals surface area contributed by atoms with E-state index in [1.807, 2.05) is 6.92 Å². The molecular weight excluding hydrogens is 250 g/mol. The van der Waals surface area contributed by atoms with Gasteiger partial charge in [0.05, 0.1) is 0 Å². The van der Waals surface area contributed by atoms with Gasteiger partial charge in [-0.25, -0.2) is 9.59 Å². The third-order valence-electron chi connectivity index (χ3n) is 2.55. The highest BCUT2D eigenvalue weighted by atomic mass is 16.4. The van der Waals surface area contributed by atoms with Gasteiger partial charge in [-0.3, -0.25) is 4.79 Å². The normalized spacial score (nSPS) is 11.5. The molecule has 7 nitrogen and oxygen atoms in total. The molecule has 0 aliphatic rings. The van der Waals surface area contributed by atoms with Crippen LogP contribution in [0.2, 0.25) is 0 Å². The van der Waals surface area contributed by atoms with Crippen molar-refractivity contribution in [2.24, 2.45) is 0 Å². The molecular formula is C12H23N3O4. The fourth-order valence-electron chi connectivity index (χ4n) is 1.54. The second kappa shape index (κ2) is 9.18. The Balaban J connectivity index is 4.48. The maximum absolute atomic E-state index is 11.9. The van der Waals surface area contributed by atoms with E-state index in [0.29, 0.717) is 25.9 Å². The van der Waals surface area contributed by atoms with Crippen molar-refractivity contribution < 1.29 is 19.5 Å². The lowest BCUT2D eigenvalue weighted by molar-refractivity contribution is -0.139. The minimum atomic E-state index is -1.07. The number of likely N-dealkylation sites (N-methyl/N-ethyl adjacent to an activating group) is 2. The second-order valence-corrected chi connectivity index (χ2v) is 4.10. The Morgan fingerprint density at radius 3 is 2.26 bits per heavy atom. The van der Waals surface area contributed by atoms with E-state index < -0.39 is 18.0 Å². The Morgan fingerprint density at radius 2 is 1.84 bits per heavy atom. The Hall–Kier alpha value is -1.79. The van der Waals surface area contributed by atoms with Gasteiger partial charge in [-0.2, -0.15) is 0 Å². The molecule has 0 aromatic rings. The molecule has 0 rings (SSSR count).